The minimum atomic E-state index is -4.63. The Morgan fingerprint density at radius 2 is 1.89 bits per heavy atom. The van der Waals surface area contributed by atoms with Gasteiger partial charge in [-0.2, -0.15) is 23.5 Å². The molecule has 0 aliphatic rings. The highest BCUT2D eigenvalue weighted by Crippen LogP contribution is 2.37. The van der Waals surface area contributed by atoms with Crippen LogP contribution in [-0.2, 0) is 13.2 Å². The van der Waals surface area contributed by atoms with Crippen molar-refractivity contribution in [1.29, 1.82) is 5.26 Å². The Labute approximate surface area is 111 Å². The van der Waals surface area contributed by atoms with E-state index in [1.165, 1.54) is 7.05 Å². The van der Waals surface area contributed by atoms with Gasteiger partial charge in [-0.3, -0.25) is 4.68 Å². The zero-order valence-corrected chi connectivity index (χ0v) is 10.6. The van der Waals surface area contributed by atoms with Crippen LogP contribution in [-0.4, -0.2) is 9.78 Å². The topological polar surface area (TPSA) is 41.6 Å². The molecule has 19 heavy (non-hydrogen) atoms. The molecule has 0 saturated carbocycles. The third-order valence-electron chi connectivity index (χ3n) is 2.33. The predicted molar refractivity (Wildman–Crippen MR) is 63.5 cm³/mol. The molecule has 3 nitrogen and oxygen atoms in total. The molecule has 0 N–H and O–H groups in total. The molecule has 2 rings (SSSR count). The fourth-order valence-corrected chi connectivity index (χ4v) is 2.46. The van der Waals surface area contributed by atoms with Crippen LogP contribution in [0.2, 0.25) is 0 Å². The van der Waals surface area contributed by atoms with Crippen LogP contribution in [0.1, 0.15) is 11.3 Å². The van der Waals surface area contributed by atoms with Crippen molar-refractivity contribution in [2.75, 3.05) is 0 Å². The summed E-state index contributed by atoms with van der Waals surface area (Å²) in [6.45, 7) is 0. The van der Waals surface area contributed by atoms with Crippen molar-refractivity contribution in [1.82, 2.24) is 9.78 Å². The zero-order valence-electron chi connectivity index (χ0n) is 9.77. The highest BCUT2D eigenvalue weighted by molar-refractivity contribution is 7.99. The fraction of sp³-hybridized carbons (Fsp3) is 0.167. The number of nitriles is 1. The van der Waals surface area contributed by atoms with Crippen LogP contribution in [0.25, 0.3) is 0 Å². The number of rotatable bonds is 2. The molecular weight excluding hydrogens is 275 g/mol. The van der Waals surface area contributed by atoms with Gasteiger partial charge in [0, 0.05) is 11.9 Å². The maximum atomic E-state index is 12.7. The molecule has 0 bridgehead atoms. The molecule has 0 amide bonds. The van der Waals surface area contributed by atoms with Gasteiger partial charge in [-0.1, -0.05) is 30.0 Å². The summed E-state index contributed by atoms with van der Waals surface area (Å²) < 4.78 is 39.3. The SMILES string of the molecule is Cn1nc(C(F)(F)F)c(C#N)c1Sc1ccccc1. The molecule has 1 aromatic carbocycles. The smallest absolute Gasteiger partial charge is 0.260 e. The van der Waals surface area contributed by atoms with Gasteiger partial charge in [0.2, 0.25) is 0 Å². The van der Waals surface area contributed by atoms with Crippen molar-refractivity contribution in [3.63, 3.8) is 0 Å². The quantitative estimate of drug-likeness (QED) is 0.847. The number of aromatic nitrogens is 2. The van der Waals surface area contributed by atoms with E-state index in [4.69, 9.17) is 5.26 Å². The number of aryl methyl sites for hydroxylation is 1. The van der Waals surface area contributed by atoms with Gasteiger partial charge in [-0.25, -0.2) is 0 Å². The number of halogens is 3. The molecule has 0 saturated heterocycles. The van der Waals surface area contributed by atoms with E-state index >= 15 is 0 Å². The van der Waals surface area contributed by atoms with E-state index in [0.29, 0.717) is 0 Å². The Bertz CT molecular complexity index is 626. The van der Waals surface area contributed by atoms with Gasteiger partial charge in [0.05, 0.1) is 0 Å². The average molecular weight is 283 g/mol. The maximum Gasteiger partial charge on any atom is 0.436 e. The molecule has 2 aromatic rings. The number of nitrogens with zero attached hydrogens (tertiary/aromatic N) is 3. The summed E-state index contributed by atoms with van der Waals surface area (Å²) in [5.74, 6) is 0. The molecule has 0 spiro atoms. The van der Waals surface area contributed by atoms with Gasteiger partial charge in [-0.05, 0) is 12.1 Å². The van der Waals surface area contributed by atoms with Gasteiger partial charge >= 0.3 is 6.18 Å². The van der Waals surface area contributed by atoms with Gasteiger partial charge in [-0.15, -0.1) is 0 Å². The van der Waals surface area contributed by atoms with E-state index in [9.17, 15) is 13.2 Å². The molecule has 98 valence electrons. The van der Waals surface area contributed by atoms with Crippen LogP contribution in [0.15, 0.2) is 40.3 Å². The van der Waals surface area contributed by atoms with Gasteiger partial charge in [0.1, 0.15) is 16.7 Å². The predicted octanol–water partition coefficient (Wildman–Crippen LogP) is 3.46. The van der Waals surface area contributed by atoms with Crippen LogP contribution in [0, 0.1) is 11.3 Å². The second-order valence-electron chi connectivity index (χ2n) is 3.68. The molecule has 0 atom stereocenters. The van der Waals surface area contributed by atoms with Crippen molar-refractivity contribution in [2.45, 2.75) is 16.1 Å². The Morgan fingerprint density at radius 3 is 2.42 bits per heavy atom. The Morgan fingerprint density at radius 1 is 1.26 bits per heavy atom. The van der Waals surface area contributed by atoms with Gasteiger partial charge in [0.25, 0.3) is 0 Å². The number of alkyl halides is 3. The van der Waals surface area contributed by atoms with Crippen molar-refractivity contribution >= 4 is 11.8 Å². The molecule has 0 radical (unpaired) electrons. The van der Waals surface area contributed by atoms with E-state index in [-0.39, 0.29) is 5.03 Å². The van der Waals surface area contributed by atoms with Gasteiger partial charge < -0.3 is 0 Å². The van der Waals surface area contributed by atoms with Gasteiger partial charge in [0.15, 0.2) is 5.69 Å². The summed E-state index contributed by atoms with van der Waals surface area (Å²) in [5, 5.41) is 12.5. The average Bonchev–Trinajstić information content (AvgIpc) is 2.68. The lowest BCUT2D eigenvalue weighted by atomic mass is 10.2. The summed E-state index contributed by atoms with van der Waals surface area (Å²) in [6, 6.07) is 10.5. The largest absolute Gasteiger partial charge is 0.436 e. The molecular formula is C12H8F3N3S. The zero-order chi connectivity index (χ0) is 14.0. The third-order valence-corrected chi connectivity index (χ3v) is 3.50. The molecule has 0 aliphatic heterocycles. The number of hydrogen-bond acceptors (Lipinski definition) is 3. The van der Waals surface area contributed by atoms with Crippen LogP contribution >= 0.6 is 11.8 Å². The minimum absolute atomic E-state index is 0.182. The lowest BCUT2D eigenvalue weighted by Gasteiger charge is -2.02. The van der Waals surface area contributed by atoms with Crippen molar-refractivity contribution < 1.29 is 13.2 Å². The van der Waals surface area contributed by atoms with E-state index in [1.54, 1.807) is 36.4 Å². The number of hydrogen-bond donors (Lipinski definition) is 0. The molecule has 0 aliphatic carbocycles. The summed E-state index contributed by atoms with van der Waals surface area (Å²) in [5.41, 5.74) is -1.58. The van der Waals surface area contributed by atoms with E-state index < -0.39 is 17.4 Å². The first-order valence-corrected chi connectivity index (χ1v) is 6.02. The van der Waals surface area contributed by atoms with Crippen LogP contribution in [0.3, 0.4) is 0 Å². The summed E-state index contributed by atoms with van der Waals surface area (Å²) in [4.78, 5) is 0.746. The van der Waals surface area contributed by atoms with Crippen LogP contribution in [0.5, 0.6) is 0 Å². The summed E-state index contributed by atoms with van der Waals surface area (Å²) in [6.07, 6.45) is -4.63. The van der Waals surface area contributed by atoms with E-state index in [0.717, 1.165) is 21.3 Å². The van der Waals surface area contributed by atoms with E-state index in [2.05, 4.69) is 5.10 Å². The first-order valence-electron chi connectivity index (χ1n) is 5.20. The highest BCUT2D eigenvalue weighted by atomic mass is 32.2. The molecule has 7 heteroatoms. The Kier molecular flexibility index (Phi) is 3.53. The van der Waals surface area contributed by atoms with Crippen molar-refractivity contribution in [3.05, 3.63) is 41.6 Å². The molecule has 1 aromatic heterocycles. The normalized spacial score (nSPS) is 11.3. The fourth-order valence-electron chi connectivity index (χ4n) is 1.52. The van der Waals surface area contributed by atoms with Crippen molar-refractivity contribution in [2.24, 2.45) is 7.05 Å². The highest BCUT2D eigenvalue weighted by Gasteiger charge is 2.39. The second-order valence-corrected chi connectivity index (χ2v) is 4.74. The maximum absolute atomic E-state index is 12.7. The first kappa shape index (κ1) is 13.5. The lowest BCUT2D eigenvalue weighted by molar-refractivity contribution is -0.141. The first-order chi connectivity index (χ1) is 8.93. The second kappa shape index (κ2) is 4.97. The molecule has 1 heterocycles. The lowest BCUT2D eigenvalue weighted by Crippen LogP contribution is -2.08. The van der Waals surface area contributed by atoms with E-state index in [1.807, 2.05) is 0 Å². The summed E-state index contributed by atoms with van der Waals surface area (Å²) >= 11 is 1.08. The minimum Gasteiger partial charge on any atom is -0.260 e. The number of benzene rings is 1. The van der Waals surface area contributed by atoms with Crippen molar-refractivity contribution in [3.8, 4) is 6.07 Å². The Balaban J connectivity index is 2.47. The molecule has 0 fully saturated rings. The third kappa shape index (κ3) is 2.74. The standard InChI is InChI=1S/C12H8F3N3S/c1-18-11(19-8-5-3-2-4-6-8)9(7-16)10(17-18)12(13,14)15/h2-6H,1H3. The molecule has 0 unspecified atom stereocenters. The monoisotopic (exact) mass is 283 g/mol. The Hall–Kier alpha value is -1.94. The van der Waals surface area contributed by atoms with Crippen LogP contribution in [0.4, 0.5) is 13.2 Å². The van der Waals surface area contributed by atoms with Crippen LogP contribution < -0.4 is 0 Å². The summed E-state index contributed by atoms with van der Waals surface area (Å²) in [7, 11) is 1.39.